The third-order valence-corrected chi connectivity index (χ3v) is 1.57. The maximum atomic E-state index is 11.2. The first kappa shape index (κ1) is 10.4. The Labute approximate surface area is 68.5 Å². The van der Waals surface area contributed by atoms with E-state index in [0.29, 0.717) is 6.42 Å². The molecule has 0 aromatic rings. The lowest BCUT2D eigenvalue weighted by Gasteiger charge is -2.13. The van der Waals surface area contributed by atoms with E-state index in [1.807, 2.05) is 20.8 Å². The summed E-state index contributed by atoms with van der Waals surface area (Å²) in [6.45, 7) is 9.39. The molecule has 0 saturated carbocycles. The number of allylic oxidation sites excluding steroid dienone is 1. The average molecular weight is 155 g/mol. The van der Waals surface area contributed by atoms with Crippen LogP contribution in [0.15, 0.2) is 12.2 Å². The van der Waals surface area contributed by atoms with Gasteiger partial charge in [0.2, 0.25) is 0 Å². The minimum atomic E-state index is -0.327. The van der Waals surface area contributed by atoms with Crippen LogP contribution in [0.1, 0.15) is 27.2 Å². The Kier molecular flexibility index (Phi) is 4.04. The van der Waals surface area contributed by atoms with Gasteiger partial charge in [-0.15, -0.1) is 0 Å². The Morgan fingerprint density at radius 1 is 1.55 bits per heavy atom. The first-order valence-corrected chi connectivity index (χ1v) is 3.87. The van der Waals surface area contributed by atoms with E-state index >= 15 is 0 Å². The second-order valence-electron chi connectivity index (χ2n) is 3.37. The summed E-state index contributed by atoms with van der Waals surface area (Å²) >= 11 is 0. The van der Waals surface area contributed by atoms with Crippen molar-refractivity contribution in [2.24, 2.45) is 11.7 Å². The van der Waals surface area contributed by atoms with Crippen molar-refractivity contribution in [1.82, 2.24) is 0 Å². The van der Waals surface area contributed by atoms with E-state index in [0.717, 1.165) is 5.57 Å². The molecule has 0 heterocycles. The molecule has 1 unspecified atom stereocenters. The summed E-state index contributed by atoms with van der Waals surface area (Å²) in [5.74, 6) is 0.314. The molecule has 0 aromatic carbocycles. The predicted molar refractivity (Wildman–Crippen MR) is 47.3 cm³/mol. The van der Waals surface area contributed by atoms with Gasteiger partial charge in [0.05, 0.1) is 6.04 Å². The lowest BCUT2D eigenvalue weighted by molar-refractivity contribution is -0.120. The Morgan fingerprint density at radius 3 is 2.27 bits per heavy atom. The summed E-state index contributed by atoms with van der Waals surface area (Å²) in [4.78, 5) is 11.2. The molecule has 2 N–H and O–H groups in total. The Balaban J connectivity index is 3.93. The van der Waals surface area contributed by atoms with Crippen molar-refractivity contribution in [1.29, 1.82) is 0 Å². The van der Waals surface area contributed by atoms with Crippen LogP contribution in [0.4, 0.5) is 0 Å². The highest BCUT2D eigenvalue weighted by molar-refractivity contribution is 5.85. The predicted octanol–water partition coefficient (Wildman–Crippen LogP) is 1.50. The van der Waals surface area contributed by atoms with E-state index in [9.17, 15) is 4.79 Å². The molecule has 0 fully saturated rings. The lowest BCUT2D eigenvalue weighted by Crippen LogP contribution is -2.35. The molecule has 2 heteroatoms. The van der Waals surface area contributed by atoms with Crippen LogP contribution in [-0.2, 0) is 4.79 Å². The Morgan fingerprint density at radius 2 is 2.00 bits per heavy atom. The van der Waals surface area contributed by atoms with Crippen molar-refractivity contribution in [3.05, 3.63) is 12.2 Å². The van der Waals surface area contributed by atoms with E-state index in [1.165, 1.54) is 0 Å². The molecule has 0 spiro atoms. The van der Waals surface area contributed by atoms with E-state index in [4.69, 9.17) is 5.73 Å². The third kappa shape index (κ3) is 3.94. The molecule has 11 heavy (non-hydrogen) atoms. The normalized spacial score (nSPS) is 13.2. The Bertz CT molecular complexity index is 161. The SMILES string of the molecule is C=C(C)CC(=O)C(N)C(C)C. The number of carbonyl (C=O) groups is 1. The maximum Gasteiger partial charge on any atom is 0.153 e. The van der Waals surface area contributed by atoms with Gasteiger partial charge in [0, 0.05) is 6.42 Å². The fourth-order valence-corrected chi connectivity index (χ4v) is 0.787. The highest BCUT2D eigenvalue weighted by Gasteiger charge is 2.16. The average Bonchev–Trinajstić information content (AvgIpc) is 1.84. The minimum Gasteiger partial charge on any atom is -0.321 e. The number of rotatable bonds is 4. The number of hydrogen-bond donors (Lipinski definition) is 1. The van der Waals surface area contributed by atoms with Crippen molar-refractivity contribution >= 4 is 5.78 Å². The molecular weight excluding hydrogens is 138 g/mol. The van der Waals surface area contributed by atoms with E-state index < -0.39 is 0 Å². The lowest BCUT2D eigenvalue weighted by atomic mass is 9.97. The third-order valence-electron chi connectivity index (χ3n) is 1.57. The summed E-state index contributed by atoms with van der Waals surface area (Å²) in [5, 5.41) is 0. The van der Waals surface area contributed by atoms with Crippen LogP contribution in [0, 0.1) is 5.92 Å². The van der Waals surface area contributed by atoms with Gasteiger partial charge >= 0.3 is 0 Å². The van der Waals surface area contributed by atoms with Crippen molar-refractivity contribution in [2.45, 2.75) is 33.2 Å². The van der Waals surface area contributed by atoms with Gasteiger partial charge in [-0.05, 0) is 12.8 Å². The highest BCUT2D eigenvalue weighted by atomic mass is 16.1. The molecule has 1 atom stereocenters. The smallest absolute Gasteiger partial charge is 0.153 e. The van der Waals surface area contributed by atoms with Gasteiger partial charge in [0.15, 0.2) is 5.78 Å². The van der Waals surface area contributed by atoms with Crippen LogP contribution in [0.5, 0.6) is 0 Å². The number of nitrogens with two attached hydrogens (primary N) is 1. The zero-order valence-electron chi connectivity index (χ0n) is 7.55. The summed E-state index contributed by atoms with van der Waals surface area (Å²) in [6, 6.07) is -0.327. The standard InChI is InChI=1S/C9H17NO/c1-6(2)5-8(11)9(10)7(3)4/h7,9H,1,5,10H2,2-4H3. The van der Waals surface area contributed by atoms with Crippen LogP contribution in [-0.4, -0.2) is 11.8 Å². The first-order chi connectivity index (χ1) is 4.95. The quantitative estimate of drug-likeness (QED) is 0.625. The van der Waals surface area contributed by atoms with Crippen LogP contribution in [0.2, 0.25) is 0 Å². The topological polar surface area (TPSA) is 43.1 Å². The van der Waals surface area contributed by atoms with Crippen LogP contribution in [0.25, 0.3) is 0 Å². The summed E-state index contributed by atoms with van der Waals surface area (Å²) in [5.41, 5.74) is 6.50. The van der Waals surface area contributed by atoms with E-state index in [2.05, 4.69) is 6.58 Å². The second-order valence-corrected chi connectivity index (χ2v) is 3.37. The molecule has 0 radical (unpaired) electrons. The summed E-state index contributed by atoms with van der Waals surface area (Å²) in [7, 11) is 0. The van der Waals surface area contributed by atoms with Gasteiger partial charge in [-0.3, -0.25) is 4.79 Å². The van der Waals surface area contributed by atoms with Crippen molar-refractivity contribution in [2.75, 3.05) is 0 Å². The molecule has 0 saturated heterocycles. The number of ketones is 1. The zero-order valence-corrected chi connectivity index (χ0v) is 7.55. The van der Waals surface area contributed by atoms with Gasteiger partial charge in [-0.2, -0.15) is 0 Å². The van der Waals surface area contributed by atoms with Crippen molar-refractivity contribution in [3.63, 3.8) is 0 Å². The molecular formula is C9H17NO. The molecule has 64 valence electrons. The van der Waals surface area contributed by atoms with Crippen molar-refractivity contribution in [3.8, 4) is 0 Å². The number of Topliss-reactive ketones (excluding diaryl/α,β-unsaturated/α-hetero) is 1. The second kappa shape index (κ2) is 4.29. The van der Waals surface area contributed by atoms with Crippen molar-refractivity contribution < 1.29 is 4.79 Å². The summed E-state index contributed by atoms with van der Waals surface area (Å²) < 4.78 is 0. The van der Waals surface area contributed by atoms with Crippen LogP contribution in [0.3, 0.4) is 0 Å². The van der Waals surface area contributed by atoms with Gasteiger partial charge < -0.3 is 5.73 Å². The fourth-order valence-electron chi connectivity index (χ4n) is 0.787. The maximum absolute atomic E-state index is 11.2. The van der Waals surface area contributed by atoms with Crippen LogP contribution < -0.4 is 5.73 Å². The highest BCUT2D eigenvalue weighted by Crippen LogP contribution is 2.05. The number of hydrogen-bond acceptors (Lipinski definition) is 2. The van der Waals surface area contributed by atoms with E-state index in [-0.39, 0.29) is 17.7 Å². The minimum absolute atomic E-state index is 0.0903. The molecule has 0 aliphatic heterocycles. The fraction of sp³-hybridized carbons (Fsp3) is 0.667. The zero-order chi connectivity index (χ0) is 9.02. The van der Waals surface area contributed by atoms with E-state index in [1.54, 1.807) is 0 Å². The molecule has 0 bridgehead atoms. The monoisotopic (exact) mass is 155 g/mol. The molecule has 0 rings (SSSR count). The molecule has 0 aliphatic rings. The van der Waals surface area contributed by atoms with Crippen LogP contribution >= 0.6 is 0 Å². The Hall–Kier alpha value is -0.630. The molecule has 0 aliphatic carbocycles. The van der Waals surface area contributed by atoms with Gasteiger partial charge in [0.1, 0.15) is 0 Å². The summed E-state index contributed by atoms with van der Waals surface area (Å²) in [6.07, 6.45) is 0.416. The molecule has 0 aromatic heterocycles. The largest absolute Gasteiger partial charge is 0.321 e. The molecule has 0 amide bonds. The number of carbonyl (C=O) groups excluding carboxylic acids is 1. The van der Waals surface area contributed by atoms with Gasteiger partial charge in [-0.1, -0.05) is 26.0 Å². The first-order valence-electron chi connectivity index (χ1n) is 3.87. The van der Waals surface area contributed by atoms with Gasteiger partial charge in [0.25, 0.3) is 0 Å². The van der Waals surface area contributed by atoms with Gasteiger partial charge in [-0.25, -0.2) is 0 Å². The molecule has 2 nitrogen and oxygen atoms in total.